The number of benzene rings is 2. The molecule has 1 aliphatic rings. The highest BCUT2D eigenvalue weighted by Crippen LogP contribution is 2.31. The number of carbonyl (C=O) groups excluding carboxylic acids is 3. The van der Waals surface area contributed by atoms with Gasteiger partial charge in [-0.2, -0.15) is 0 Å². The van der Waals surface area contributed by atoms with E-state index in [1.807, 2.05) is 0 Å². The van der Waals surface area contributed by atoms with E-state index in [0.29, 0.717) is 30.0 Å². The lowest BCUT2D eigenvalue weighted by molar-refractivity contribution is -0.384. The van der Waals surface area contributed by atoms with E-state index in [9.17, 15) is 24.5 Å². The van der Waals surface area contributed by atoms with Crippen molar-refractivity contribution < 1.29 is 24.0 Å². The van der Waals surface area contributed by atoms with Crippen LogP contribution in [0.4, 0.5) is 17.1 Å². The minimum atomic E-state index is -0.535. The zero-order chi connectivity index (χ0) is 23.3. The number of ether oxygens (including phenoxy) is 1. The number of anilines is 2. The van der Waals surface area contributed by atoms with Crippen molar-refractivity contribution in [1.29, 1.82) is 0 Å². The summed E-state index contributed by atoms with van der Waals surface area (Å²) in [5, 5.41) is 16.6. The minimum Gasteiger partial charge on any atom is -0.385 e. The number of nitrogens with one attached hydrogen (secondary N) is 2. The van der Waals surface area contributed by atoms with Gasteiger partial charge in [-0.3, -0.25) is 29.4 Å². The average molecular weight is 438 g/mol. The molecule has 0 aliphatic carbocycles. The fraction of sp³-hybridized carbons (Fsp3) is 0.227. The molecule has 0 bridgehead atoms. The molecule has 1 aliphatic heterocycles. The van der Waals surface area contributed by atoms with Crippen LogP contribution in [0.2, 0.25) is 0 Å². The first-order valence-electron chi connectivity index (χ1n) is 9.80. The lowest BCUT2D eigenvalue weighted by Crippen LogP contribution is -2.33. The van der Waals surface area contributed by atoms with Gasteiger partial charge in [-0.15, -0.1) is 0 Å². The summed E-state index contributed by atoms with van der Waals surface area (Å²) in [6.45, 7) is 1.96. The quantitative estimate of drug-likeness (QED) is 0.266. The molecule has 0 saturated heterocycles. The molecular weight excluding hydrogens is 416 g/mol. The highest BCUT2D eigenvalue weighted by Gasteiger charge is 2.39. The second kappa shape index (κ2) is 9.84. The van der Waals surface area contributed by atoms with Gasteiger partial charge < -0.3 is 15.4 Å². The van der Waals surface area contributed by atoms with Crippen LogP contribution in [-0.4, -0.2) is 47.8 Å². The summed E-state index contributed by atoms with van der Waals surface area (Å²) < 4.78 is 5.01. The molecule has 0 spiro atoms. The summed E-state index contributed by atoms with van der Waals surface area (Å²) in [5.41, 5.74) is 1.60. The van der Waals surface area contributed by atoms with Gasteiger partial charge in [0.15, 0.2) is 0 Å². The first kappa shape index (κ1) is 22.6. The van der Waals surface area contributed by atoms with Crippen LogP contribution < -0.4 is 10.6 Å². The maximum absolute atomic E-state index is 13.1. The summed E-state index contributed by atoms with van der Waals surface area (Å²) >= 11 is 0. The molecule has 2 aromatic rings. The Balaban J connectivity index is 1.95. The van der Waals surface area contributed by atoms with Crippen molar-refractivity contribution in [3.8, 4) is 0 Å². The molecule has 166 valence electrons. The van der Waals surface area contributed by atoms with E-state index in [-0.39, 0.29) is 29.4 Å². The number of imide groups is 1. The number of amides is 3. The third kappa shape index (κ3) is 4.98. The molecule has 2 aromatic carbocycles. The van der Waals surface area contributed by atoms with Crippen molar-refractivity contribution >= 4 is 40.4 Å². The minimum absolute atomic E-state index is 0.0774. The van der Waals surface area contributed by atoms with Crippen molar-refractivity contribution in [2.75, 3.05) is 30.9 Å². The van der Waals surface area contributed by atoms with E-state index in [1.54, 1.807) is 24.3 Å². The molecular formula is C22H22N4O6. The number of non-ortho nitro benzene ring substituents is 1. The van der Waals surface area contributed by atoms with E-state index in [2.05, 4.69) is 10.6 Å². The topological polar surface area (TPSA) is 131 Å². The Labute approximate surface area is 184 Å². The normalized spacial score (nSPS) is 13.5. The Morgan fingerprint density at radius 1 is 1.03 bits per heavy atom. The van der Waals surface area contributed by atoms with Gasteiger partial charge in [0.2, 0.25) is 5.91 Å². The third-order valence-corrected chi connectivity index (χ3v) is 4.74. The molecule has 1 heterocycles. The van der Waals surface area contributed by atoms with Crippen molar-refractivity contribution in [2.24, 2.45) is 0 Å². The molecule has 0 saturated carbocycles. The van der Waals surface area contributed by atoms with Crippen LogP contribution >= 0.6 is 0 Å². The number of methoxy groups -OCH3 is 1. The van der Waals surface area contributed by atoms with Crippen molar-refractivity contribution in [3.63, 3.8) is 0 Å². The maximum atomic E-state index is 13.1. The first-order chi connectivity index (χ1) is 15.3. The third-order valence-electron chi connectivity index (χ3n) is 4.74. The summed E-state index contributed by atoms with van der Waals surface area (Å²) in [4.78, 5) is 48.9. The highest BCUT2D eigenvalue weighted by molar-refractivity contribution is 6.36. The molecule has 0 atom stereocenters. The zero-order valence-electron chi connectivity index (χ0n) is 17.6. The molecule has 10 nitrogen and oxygen atoms in total. The number of rotatable bonds is 9. The van der Waals surface area contributed by atoms with E-state index in [1.165, 1.54) is 38.3 Å². The standard InChI is InChI=1S/C22H22N4O6/c1-14(27)23-16-6-8-17(9-7-16)24-20-19(15-4-10-18(11-5-15)26(30)31)21(28)25(22(20)29)12-3-13-32-2/h4-11,24H,3,12-13H2,1-2H3,(H,23,27). The van der Waals surface area contributed by atoms with Crippen LogP contribution in [0.1, 0.15) is 18.9 Å². The second-order valence-electron chi connectivity index (χ2n) is 7.05. The monoisotopic (exact) mass is 438 g/mol. The number of nitrogens with zero attached hydrogens (tertiary/aromatic N) is 2. The SMILES string of the molecule is COCCCN1C(=O)C(Nc2ccc(NC(C)=O)cc2)=C(c2ccc([N+](=O)[O-])cc2)C1=O. The first-order valence-corrected chi connectivity index (χ1v) is 9.80. The molecule has 3 rings (SSSR count). The van der Waals surface area contributed by atoms with Gasteiger partial charge in [-0.1, -0.05) is 0 Å². The average Bonchev–Trinajstić information content (AvgIpc) is 2.99. The number of nitro benzene ring substituents is 1. The van der Waals surface area contributed by atoms with E-state index in [4.69, 9.17) is 4.74 Å². The zero-order valence-corrected chi connectivity index (χ0v) is 17.6. The molecule has 2 N–H and O–H groups in total. The Morgan fingerprint density at radius 2 is 1.66 bits per heavy atom. The molecule has 0 unspecified atom stereocenters. The lowest BCUT2D eigenvalue weighted by Gasteiger charge is -2.15. The van der Waals surface area contributed by atoms with Crippen molar-refractivity contribution in [1.82, 2.24) is 4.90 Å². The van der Waals surface area contributed by atoms with Gasteiger partial charge in [-0.25, -0.2) is 0 Å². The summed E-state index contributed by atoms with van der Waals surface area (Å²) in [6.07, 6.45) is 0.472. The molecule has 3 amide bonds. The van der Waals surface area contributed by atoms with Gasteiger partial charge in [-0.05, 0) is 48.4 Å². The largest absolute Gasteiger partial charge is 0.385 e. The maximum Gasteiger partial charge on any atom is 0.278 e. The smallest absolute Gasteiger partial charge is 0.278 e. The van der Waals surface area contributed by atoms with Gasteiger partial charge in [0, 0.05) is 50.7 Å². The highest BCUT2D eigenvalue weighted by atomic mass is 16.6. The van der Waals surface area contributed by atoms with E-state index >= 15 is 0 Å². The van der Waals surface area contributed by atoms with Gasteiger partial charge in [0.1, 0.15) is 5.70 Å². The Kier molecular flexibility index (Phi) is 6.96. The summed E-state index contributed by atoms with van der Waals surface area (Å²) in [7, 11) is 1.53. The Hall–Kier alpha value is -4.05. The van der Waals surface area contributed by atoms with Crippen LogP contribution in [0.3, 0.4) is 0 Å². The number of carbonyl (C=O) groups is 3. The molecule has 0 aromatic heterocycles. The van der Waals surface area contributed by atoms with Crippen LogP contribution in [0.25, 0.3) is 5.57 Å². The fourth-order valence-electron chi connectivity index (χ4n) is 3.26. The Morgan fingerprint density at radius 3 is 2.22 bits per heavy atom. The van der Waals surface area contributed by atoms with E-state index in [0.717, 1.165) is 4.90 Å². The van der Waals surface area contributed by atoms with Crippen LogP contribution in [0.5, 0.6) is 0 Å². The van der Waals surface area contributed by atoms with E-state index < -0.39 is 16.7 Å². The molecule has 0 radical (unpaired) electrons. The number of nitro groups is 1. The number of hydrogen-bond acceptors (Lipinski definition) is 7. The molecule has 10 heteroatoms. The lowest BCUT2D eigenvalue weighted by atomic mass is 10.0. The van der Waals surface area contributed by atoms with Crippen LogP contribution in [0.15, 0.2) is 54.2 Å². The van der Waals surface area contributed by atoms with Gasteiger partial charge in [0.25, 0.3) is 17.5 Å². The summed E-state index contributed by atoms with van der Waals surface area (Å²) in [6, 6.07) is 12.1. The molecule has 32 heavy (non-hydrogen) atoms. The second-order valence-corrected chi connectivity index (χ2v) is 7.05. The number of hydrogen-bond donors (Lipinski definition) is 2. The predicted molar refractivity (Wildman–Crippen MR) is 118 cm³/mol. The predicted octanol–water partition coefficient (Wildman–Crippen LogP) is 2.78. The summed E-state index contributed by atoms with van der Waals surface area (Å²) in [5.74, 6) is -1.19. The molecule has 0 fully saturated rings. The van der Waals surface area contributed by atoms with Crippen molar-refractivity contribution in [3.05, 3.63) is 69.9 Å². The fourth-order valence-corrected chi connectivity index (χ4v) is 3.26. The van der Waals surface area contributed by atoms with Crippen LogP contribution in [-0.2, 0) is 19.1 Å². The van der Waals surface area contributed by atoms with Gasteiger partial charge in [0.05, 0.1) is 10.5 Å². The Bertz CT molecular complexity index is 1080. The van der Waals surface area contributed by atoms with Crippen molar-refractivity contribution in [2.45, 2.75) is 13.3 Å². The van der Waals surface area contributed by atoms with Gasteiger partial charge >= 0.3 is 0 Å². The van der Waals surface area contributed by atoms with Crippen LogP contribution in [0, 0.1) is 10.1 Å².